The Kier molecular flexibility index (Phi) is 3.77. The standard InChI is InChI=1S/C13H16N2O2/c1-10-12(15-9-17-10)8-16-13-6-4-3-5-11(13)7-14-2/h3-6,9,14H,7-8H2,1-2H3. The predicted molar refractivity (Wildman–Crippen MR) is 64.8 cm³/mol. The van der Waals surface area contributed by atoms with Gasteiger partial charge in [-0.2, -0.15) is 0 Å². The van der Waals surface area contributed by atoms with Crippen molar-refractivity contribution in [2.24, 2.45) is 0 Å². The van der Waals surface area contributed by atoms with E-state index in [9.17, 15) is 0 Å². The van der Waals surface area contributed by atoms with Crippen molar-refractivity contribution in [1.82, 2.24) is 10.3 Å². The third-order valence-corrected chi connectivity index (χ3v) is 2.55. The number of nitrogens with zero attached hydrogens (tertiary/aromatic N) is 1. The van der Waals surface area contributed by atoms with Crippen LogP contribution in [-0.4, -0.2) is 12.0 Å². The molecule has 2 rings (SSSR count). The summed E-state index contributed by atoms with van der Waals surface area (Å²) in [6.07, 6.45) is 1.44. The minimum absolute atomic E-state index is 0.434. The van der Waals surface area contributed by atoms with Gasteiger partial charge in [-0.3, -0.25) is 0 Å². The van der Waals surface area contributed by atoms with Crippen LogP contribution in [0, 0.1) is 6.92 Å². The van der Waals surface area contributed by atoms with Gasteiger partial charge in [0.25, 0.3) is 0 Å². The minimum atomic E-state index is 0.434. The second kappa shape index (κ2) is 5.50. The average Bonchev–Trinajstić information content (AvgIpc) is 2.74. The molecule has 4 heteroatoms. The molecule has 1 N–H and O–H groups in total. The molecule has 90 valence electrons. The Morgan fingerprint density at radius 2 is 2.18 bits per heavy atom. The second-order valence-electron chi connectivity index (χ2n) is 3.78. The summed E-state index contributed by atoms with van der Waals surface area (Å²) < 4.78 is 10.9. The molecule has 0 fully saturated rings. The van der Waals surface area contributed by atoms with Crippen LogP contribution in [0.4, 0.5) is 0 Å². The van der Waals surface area contributed by atoms with Crippen molar-refractivity contribution in [1.29, 1.82) is 0 Å². The van der Waals surface area contributed by atoms with E-state index in [4.69, 9.17) is 9.15 Å². The van der Waals surface area contributed by atoms with Gasteiger partial charge in [-0.1, -0.05) is 18.2 Å². The van der Waals surface area contributed by atoms with Gasteiger partial charge in [-0.25, -0.2) is 4.98 Å². The molecule has 0 atom stereocenters. The third-order valence-electron chi connectivity index (χ3n) is 2.55. The average molecular weight is 232 g/mol. The molecule has 0 amide bonds. The summed E-state index contributed by atoms with van der Waals surface area (Å²) in [4.78, 5) is 4.10. The molecule has 0 aliphatic rings. The van der Waals surface area contributed by atoms with Crippen LogP contribution in [0.3, 0.4) is 0 Å². The molecule has 0 bridgehead atoms. The smallest absolute Gasteiger partial charge is 0.181 e. The number of hydrogen-bond donors (Lipinski definition) is 1. The minimum Gasteiger partial charge on any atom is -0.487 e. The van der Waals surface area contributed by atoms with E-state index in [1.807, 2.05) is 38.2 Å². The van der Waals surface area contributed by atoms with E-state index in [-0.39, 0.29) is 0 Å². The summed E-state index contributed by atoms with van der Waals surface area (Å²) in [7, 11) is 1.92. The second-order valence-corrected chi connectivity index (χ2v) is 3.78. The van der Waals surface area contributed by atoms with Gasteiger partial charge in [0.1, 0.15) is 23.8 Å². The number of oxazole rings is 1. The molecule has 1 aromatic heterocycles. The Morgan fingerprint density at radius 1 is 1.35 bits per heavy atom. The van der Waals surface area contributed by atoms with Gasteiger partial charge < -0.3 is 14.5 Å². The molecule has 0 aliphatic heterocycles. The summed E-state index contributed by atoms with van der Waals surface area (Å²) in [6, 6.07) is 7.97. The van der Waals surface area contributed by atoms with E-state index >= 15 is 0 Å². The lowest BCUT2D eigenvalue weighted by atomic mass is 10.2. The van der Waals surface area contributed by atoms with Gasteiger partial charge in [0.2, 0.25) is 0 Å². The predicted octanol–water partition coefficient (Wildman–Crippen LogP) is 2.28. The number of aryl methyl sites for hydroxylation is 1. The zero-order valence-corrected chi connectivity index (χ0v) is 10.1. The quantitative estimate of drug-likeness (QED) is 0.859. The molecule has 2 aromatic rings. The number of ether oxygens (including phenoxy) is 1. The third kappa shape index (κ3) is 2.85. The van der Waals surface area contributed by atoms with Crippen molar-refractivity contribution in [3.8, 4) is 5.75 Å². The van der Waals surface area contributed by atoms with Gasteiger partial charge in [-0.05, 0) is 20.0 Å². The van der Waals surface area contributed by atoms with Crippen LogP contribution in [0.1, 0.15) is 17.0 Å². The van der Waals surface area contributed by atoms with E-state index in [0.29, 0.717) is 6.61 Å². The molecule has 0 radical (unpaired) electrons. The lowest BCUT2D eigenvalue weighted by Gasteiger charge is -2.10. The van der Waals surface area contributed by atoms with Crippen LogP contribution in [-0.2, 0) is 13.2 Å². The highest BCUT2D eigenvalue weighted by Crippen LogP contribution is 2.19. The van der Waals surface area contributed by atoms with Gasteiger partial charge in [0.05, 0.1) is 0 Å². The van der Waals surface area contributed by atoms with Gasteiger partial charge in [-0.15, -0.1) is 0 Å². The topological polar surface area (TPSA) is 47.3 Å². The van der Waals surface area contributed by atoms with Crippen LogP contribution in [0.25, 0.3) is 0 Å². The largest absolute Gasteiger partial charge is 0.487 e. The first-order chi connectivity index (χ1) is 8.31. The van der Waals surface area contributed by atoms with E-state index in [1.54, 1.807) is 0 Å². The Bertz CT molecular complexity index is 480. The maximum Gasteiger partial charge on any atom is 0.181 e. The zero-order chi connectivity index (χ0) is 12.1. The van der Waals surface area contributed by atoms with Crippen molar-refractivity contribution in [2.45, 2.75) is 20.1 Å². The first-order valence-corrected chi connectivity index (χ1v) is 5.55. The first kappa shape index (κ1) is 11.7. The van der Waals surface area contributed by atoms with E-state index < -0.39 is 0 Å². The Morgan fingerprint density at radius 3 is 2.88 bits per heavy atom. The first-order valence-electron chi connectivity index (χ1n) is 5.55. The fourth-order valence-electron chi connectivity index (χ4n) is 1.59. The molecule has 0 aliphatic carbocycles. The number of aromatic nitrogens is 1. The van der Waals surface area contributed by atoms with Gasteiger partial charge >= 0.3 is 0 Å². The van der Waals surface area contributed by atoms with E-state index in [1.165, 1.54) is 6.39 Å². The van der Waals surface area contributed by atoms with Crippen molar-refractivity contribution in [3.63, 3.8) is 0 Å². The van der Waals surface area contributed by atoms with Crippen LogP contribution in [0.5, 0.6) is 5.75 Å². The SMILES string of the molecule is CNCc1ccccc1OCc1ncoc1C. The highest BCUT2D eigenvalue weighted by Gasteiger charge is 2.06. The van der Waals surface area contributed by atoms with Crippen molar-refractivity contribution < 1.29 is 9.15 Å². The number of benzene rings is 1. The van der Waals surface area contributed by atoms with Crippen LogP contribution in [0.15, 0.2) is 35.1 Å². The van der Waals surface area contributed by atoms with Crippen molar-refractivity contribution in [2.75, 3.05) is 7.05 Å². The summed E-state index contributed by atoms with van der Waals surface area (Å²) in [5.74, 6) is 1.68. The van der Waals surface area contributed by atoms with E-state index in [0.717, 1.165) is 29.3 Å². The lowest BCUT2D eigenvalue weighted by molar-refractivity contribution is 0.296. The fourth-order valence-corrected chi connectivity index (χ4v) is 1.59. The van der Waals surface area contributed by atoms with Gasteiger partial charge in [0, 0.05) is 12.1 Å². The summed E-state index contributed by atoms with van der Waals surface area (Å²) in [5, 5.41) is 3.11. The zero-order valence-electron chi connectivity index (χ0n) is 10.1. The van der Waals surface area contributed by atoms with Crippen LogP contribution < -0.4 is 10.1 Å². The van der Waals surface area contributed by atoms with Gasteiger partial charge in [0.15, 0.2) is 6.39 Å². The molecule has 0 spiro atoms. The molecule has 0 unspecified atom stereocenters. The van der Waals surface area contributed by atoms with E-state index in [2.05, 4.69) is 10.3 Å². The van der Waals surface area contributed by atoms with Crippen LogP contribution >= 0.6 is 0 Å². The van der Waals surface area contributed by atoms with Crippen molar-refractivity contribution >= 4 is 0 Å². The molecule has 0 saturated heterocycles. The van der Waals surface area contributed by atoms with Crippen molar-refractivity contribution in [3.05, 3.63) is 47.7 Å². The summed E-state index contributed by atoms with van der Waals surface area (Å²) in [6.45, 7) is 3.10. The number of rotatable bonds is 5. The van der Waals surface area contributed by atoms with Crippen LogP contribution in [0.2, 0.25) is 0 Å². The Labute approximate surface area is 101 Å². The maximum atomic E-state index is 5.75. The molecular formula is C13H16N2O2. The molecule has 4 nitrogen and oxygen atoms in total. The molecule has 0 saturated carbocycles. The lowest BCUT2D eigenvalue weighted by Crippen LogP contribution is -2.07. The molecule has 17 heavy (non-hydrogen) atoms. The molecular weight excluding hydrogens is 216 g/mol. The normalized spacial score (nSPS) is 10.5. The molecule has 1 heterocycles. The highest BCUT2D eigenvalue weighted by atomic mass is 16.5. The number of hydrogen-bond acceptors (Lipinski definition) is 4. The summed E-state index contributed by atoms with van der Waals surface area (Å²) >= 11 is 0. The summed E-state index contributed by atoms with van der Waals surface area (Å²) in [5.41, 5.74) is 1.97. The fraction of sp³-hybridized carbons (Fsp3) is 0.308. The molecule has 1 aromatic carbocycles. The number of nitrogens with one attached hydrogen (secondary N) is 1. The number of para-hydroxylation sites is 1. The maximum absolute atomic E-state index is 5.75. The monoisotopic (exact) mass is 232 g/mol. The Balaban J connectivity index is 2.06. The Hall–Kier alpha value is -1.81. The highest BCUT2D eigenvalue weighted by molar-refractivity contribution is 5.33.